The van der Waals surface area contributed by atoms with Gasteiger partial charge in [-0.15, -0.1) is 0 Å². The maximum atomic E-state index is 15.4. The molecule has 1 saturated heterocycles. The van der Waals surface area contributed by atoms with Crippen molar-refractivity contribution in [3.8, 4) is 11.5 Å². The number of halogens is 1. The summed E-state index contributed by atoms with van der Waals surface area (Å²) in [6.45, 7) is 9.15. The summed E-state index contributed by atoms with van der Waals surface area (Å²) < 4.78 is 39.1. The Labute approximate surface area is 227 Å². The largest absolute Gasteiger partial charge is 0.497 e. The Hall–Kier alpha value is -3.14. The summed E-state index contributed by atoms with van der Waals surface area (Å²) in [7, 11) is 2.66. The van der Waals surface area contributed by atoms with E-state index in [1.54, 1.807) is 14.2 Å². The van der Waals surface area contributed by atoms with Gasteiger partial charge in [0.2, 0.25) is 0 Å². The van der Waals surface area contributed by atoms with Crippen LogP contribution in [0.25, 0.3) is 10.2 Å². The van der Waals surface area contributed by atoms with Crippen LogP contribution in [0.2, 0.25) is 0 Å². The number of nitrogens with zero attached hydrogens (tertiary/aromatic N) is 2. The van der Waals surface area contributed by atoms with Crippen molar-refractivity contribution in [2.75, 3.05) is 19.1 Å². The molecule has 5 rings (SSSR count). The van der Waals surface area contributed by atoms with Crippen molar-refractivity contribution in [2.24, 2.45) is 0 Å². The minimum Gasteiger partial charge on any atom is -0.497 e. The number of ether oxygens (including phenoxy) is 2. The van der Waals surface area contributed by atoms with Crippen molar-refractivity contribution in [2.45, 2.75) is 52.0 Å². The molecule has 0 spiro atoms. The van der Waals surface area contributed by atoms with Gasteiger partial charge < -0.3 is 23.7 Å². The van der Waals surface area contributed by atoms with Crippen LogP contribution in [0.5, 0.6) is 11.5 Å². The fourth-order valence-electron chi connectivity index (χ4n) is 4.34. The van der Waals surface area contributed by atoms with Gasteiger partial charge in [-0.25, -0.2) is 9.37 Å². The first-order valence-electron chi connectivity index (χ1n) is 12.5. The molecular formula is C29H32BFN2O4S. The average molecular weight is 534 g/mol. The highest BCUT2D eigenvalue weighted by Crippen LogP contribution is 2.38. The third-order valence-corrected chi connectivity index (χ3v) is 8.38. The van der Waals surface area contributed by atoms with Crippen LogP contribution in [0, 0.1) is 5.82 Å². The quantitative estimate of drug-likeness (QED) is 0.260. The summed E-state index contributed by atoms with van der Waals surface area (Å²) in [6, 6.07) is 19.3. The zero-order valence-corrected chi connectivity index (χ0v) is 23.4. The van der Waals surface area contributed by atoms with Crippen LogP contribution >= 0.6 is 11.3 Å². The predicted octanol–water partition coefficient (Wildman–Crippen LogP) is 5.96. The molecule has 6 nitrogen and oxygen atoms in total. The van der Waals surface area contributed by atoms with E-state index in [0.717, 1.165) is 32.5 Å². The molecule has 1 aromatic heterocycles. The SMILES string of the molecule is COc1ccc(CN(Cc2ccc(OC)cc2)c2nc3c(F)cc(B4OC(C)(C)C(C)(C)O4)cc3s2)cc1. The fourth-order valence-corrected chi connectivity index (χ4v) is 5.37. The van der Waals surface area contributed by atoms with Crippen molar-refractivity contribution in [3.63, 3.8) is 0 Å². The predicted molar refractivity (Wildman–Crippen MR) is 151 cm³/mol. The maximum absolute atomic E-state index is 15.4. The molecule has 0 aliphatic carbocycles. The van der Waals surface area contributed by atoms with Crippen LogP contribution in [0.15, 0.2) is 60.7 Å². The molecule has 0 atom stereocenters. The molecule has 1 fully saturated rings. The molecule has 3 aromatic carbocycles. The molecule has 4 aromatic rings. The summed E-state index contributed by atoms with van der Waals surface area (Å²) >= 11 is 1.46. The van der Waals surface area contributed by atoms with E-state index < -0.39 is 18.3 Å². The Balaban J connectivity index is 1.48. The van der Waals surface area contributed by atoms with Gasteiger partial charge in [0.05, 0.1) is 30.1 Å². The Morgan fingerprint density at radius 3 is 1.82 bits per heavy atom. The highest BCUT2D eigenvalue weighted by atomic mass is 32.1. The Morgan fingerprint density at radius 2 is 1.34 bits per heavy atom. The van der Waals surface area contributed by atoms with E-state index in [2.05, 4.69) is 4.90 Å². The standard InChI is InChI=1S/C29H32BFN2O4S/c1-28(2)29(3,4)37-30(36-28)21-15-24(31)26-25(16-21)38-27(32-26)33(17-19-7-11-22(34-5)12-8-19)18-20-9-13-23(35-6)14-10-20/h7-16H,17-18H2,1-6H3. The second-order valence-electron chi connectivity index (χ2n) is 10.5. The Bertz CT molecular complexity index is 1360. The fraction of sp³-hybridized carbons (Fsp3) is 0.345. The van der Waals surface area contributed by atoms with Gasteiger partial charge in [-0.2, -0.15) is 0 Å². The molecule has 0 bridgehead atoms. The number of hydrogen-bond acceptors (Lipinski definition) is 7. The molecule has 2 heterocycles. The van der Waals surface area contributed by atoms with Crippen molar-refractivity contribution < 1.29 is 23.2 Å². The van der Waals surface area contributed by atoms with Crippen LogP contribution in [0.1, 0.15) is 38.8 Å². The summed E-state index contributed by atoms with van der Waals surface area (Å²) in [6.07, 6.45) is 0. The van der Waals surface area contributed by atoms with Gasteiger partial charge in [-0.1, -0.05) is 35.6 Å². The molecule has 0 radical (unpaired) electrons. The van der Waals surface area contributed by atoms with E-state index in [1.165, 1.54) is 17.4 Å². The van der Waals surface area contributed by atoms with Crippen LogP contribution in [0.4, 0.5) is 9.52 Å². The molecular weight excluding hydrogens is 502 g/mol. The topological polar surface area (TPSA) is 53.1 Å². The molecule has 1 aliphatic heterocycles. The lowest BCUT2D eigenvalue weighted by atomic mass is 9.79. The summed E-state index contributed by atoms with van der Waals surface area (Å²) in [5.74, 6) is 1.21. The van der Waals surface area contributed by atoms with Gasteiger partial charge in [-0.3, -0.25) is 0 Å². The van der Waals surface area contributed by atoms with Crippen LogP contribution < -0.4 is 19.8 Å². The monoisotopic (exact) mass is 534 g/mol. The molecule has 0 amide bonds. The van der Waals surface area contributed by atoms with Gasteiger partial charge in [0, 0.05) is 13.1 Å². The summed E-state index contributed by atoms with van der Waals surface area (Å²) in [5.41, 5.74) is 2.18. The molecule has 0 N–H and O–H groups in total. The lowest BCUT2D eigenvalue weighted by Crippen LogP contribution is -2.41. The first-order chi connectivity index (χ1) is 18.1. The third kappa shape index (κ3) is 5.23. The number of benzene rings is 3. The van der Waals surface area contributed by atoms with Crippen LogP contribution in [0.3, 0.4) is 0 Å². The summed E-state index contributed by atoms with van der Waals surface area (Å²) in [4.78, 5) is 6.89. The van der Waals surface area contributed by atoms with E-state index in [0.29, 0.717) is 24.1 Å². The zero-order chi connectivity index (χ0) is 27.1. The second kappa shape index (κ2) is 10.2. The number of aromatic nitrogens is 1. The van der Waals surface area contributed by atoms with Crippen molar-refractivity contribution in [1.29, 1.82) is 0 Å². The van der Waals surface area contributed by atoms with Crippen LogP contribution in [-0.4, -0.2) is 37.5 Å². The molecule has 9 heteroatoms. The Morgan fingerprint density at radius 1 is 0.842 bits per heavy atom. The smallest absolute Gasteiger partial charge is 0.494 e. The molecule has 0 saturated carbocycles. The number of anilines is 1. The molecule has 38 heavy (non-hydrogen) atoms. The lowest BCUT2D eigenvalue weighted by Gasteiger charge is -2.32. The highest BCUT2D eigenvalue weighted by molar-refractivity contribution is 7.22. The first kappa shape index (κ1) is 26.5. The minimum absolute atomic E-state index is 0.347. The Kier molecular flexibility index (Phi) is 7.11. The summed E-state index contributed by atoms with van der Waals surface area (Å²) in [5, 5.41) is 0.733. The third-order valence-electron chi connectivity index (χ3n) is 7.32. The minimum atomic E-state index is -0.640. The zero-order valence-electron chi connectivity index (χ0n) is 22.6. The van der Waals surface area contributed by atoms with E-state index in [9.17, 15) is 0 Å². The number of fused-ring (bicyclic) bond motifs is 1. The van der Waals surface area contributed by atoms with E-state index in [-0.39, 0.29) is 5.82 Å². The van der Waals surface area contributed by atoms with Gasteiger partial charge in [0.15, 0.2) is 5.13 Å². The van der Waals surface area contributed by atoms with Crippen molar-refractivity contribution >= 4 is 39.3 Å². The average Bonchev–Trinajstić information content (AvgIpc) is 3.42. The lowest BCUT2D eigenvalue weighted by molar-refractivity contribution is 0.00578. The van der Waals surface area contributed by atoms with Gasteiger partial charge in [-0.05, 0) is 80.7 Å². The van der Waals surface area contributed by atoms with Crippen molar-refractivity contribution in [3.05, 3.63) is 77.6 Å². The van der Waals surface area contributed by atoms with Crippen molar-refractivity contribution in [1.82, 2.24) is 4.98 Å². The second-order valence-corrected chi connectivity index (χ2v) is 11.5. The van der Waals surface area contributed by atoms with E-state index in [4.69, 9.17) is 23.8 Å². The van der Waals surface area contributed by atoms with Gasteiger partial charge >= 0.3 is 7.12 Å². The maximum Gasteiger partial charge on any atom is 0.494 e. The normalized spacial score (nSPS) is 16.1. The molecule has 0 unspecified atom stereocenters. The number of thiazole rings is 1. The highest BCUT2D eigenvalue weighted by Gasteiger charge is 2.51. The molecule has 1 aliphatic rings. The number of methoxy groups -OCH3 is 2. The molecule has 198 valence electrons. The van der Waals surface area contributed by atoms with Gasteiger partial charge in [0.1, 0.15) is 22.8 Å². The van der Waals surface area contributed by atoms with Gasteiger partial charge in [0.25, 0.3) is 0 Å². The van der Waals surface area contributed by atoms with Crippen LogP contribution in [-0.2, 0) is 22.4 Å². The number of hydrogen-bond donors (Lipinski definition) is 0. The number of rotatable bonds is 8. The first-order valence-corrected chi connectivity index (χ1v) is 13.4. The van der Waals surface area contributed by atoms with E-state index in [1.807, 2.05) is 82.3 Å². The van der Waals surface area contributed by atoms with E-state index >= 15 is 4.39 Å².